The van der Waals surface area contributed by atoms with Crippen molar-refractivity contribution in [2.45, 2.75) is 39.2 Å². The highest BCUT2D eigenvalue weighted by molar-refractivity contribution is 5.95. The van der Waals surface area contributed by atoms with E-state index in [-0.39, 0.29) is 11.9 Å². The Bertz CT molecular complexity index is 412. The molecule has 1 heterocycles. The molecule has 1 saturated carbocycles. The minimum absolute atomic E-state index is 0.0570. The van der Waals surface area contributed by atoms with Crippen LogP contribution < -0.4 is 11.1 Å². The van der Waals surface area contributed by atoms with Crippen LogP contribution in [0.3, 0.4) is 0 Å². The van der Waals surface area contributed by atoms with Gasteiger partial charge in [-0.15, -0.1) is 0 Å². The Labute approximate surface area is 102 Å². The quantitative estimate of drug-likeness (QED) is 0.840. The Balaban J connectivity index is 1.91. The van der Waals surface area contributed by atoms with Gasteiger partial charge in [0.2, 0.25) is 0 Å². The SMILES string of the molecule is Cc1cc(C(=O)NCC2CCCC2N)c(C)o1. The molecular weight excluding hydrogens is 216 g/mol. The van der Waals surface area contributed by atoms with Gasteiger partial charge in [0.05, 0.1) is 5.56 Å². The molecule has 2 atom stereocenters. The van der Waals surface area contributed by atoms with Crippen molar-refractivity contribution >= 4 is 5.91 Å². The zero-order valence-corrected chi connectivity index (χ0v) is 10.5. The van der Waals surface area contributed by atoms with Crippen molar-refractivity contribution in [3.05, 3.63) is 23.2 Å². The minimum Gasteiger partial charge on any atom is -0.466 e. The van der Waals surface area contributed by atoms with Gasteiger partial charge in [-0.25, -0.2) is 0 Å². The molecule has 1 aliphatic carbocycles. The summed E-state index contributed by atoms with van der Waals surface area (Å²) in [6, 6.07) is 2.02. The maximum absolute atomic E-state index is 11.9. The van der Waals surface area contributed by atoms with Crippen LogP contribution >= 0.6 is 0 Å². The second-order valence-electron chi connectivity index (χ2n) is 4.89. The van der Waals surface area contributed by atoms with Crippen LogP contribution in [-0.4, -0.2) is 18.5 Å². The number of hydrogen-bond donors (Lipinski definition) is 2. The van der Waals surface area contributed by atoms with Crippen molar-refractivity contribution < 1.29 is 9.21 Å². The fourth-order valence-electron chi connectivity index (χ4n) is 2.49. The number of amides is 1. The van der Waals surface area contributed by atoms with Gasteiger partial charge < -0.3 is 15.5 Å². The van der Waals surface area contributed by atoms with E-state index in [4.69, 9.17) is 10.2 Å². The normalized spacial score (nSPS) is 23.9. The molecule has 0 aromatic carbocycles. The fraction of sp³-hybridized carbons (Fsp3) is 0.615. The predicted octanol–water partition coefficient (Wildman–Crippen LogP) is 1.75. The van der Waals surface area contributed by atoms with Gasteiger partial charge in [-0.3, -0.25) is 4.79 Å². The molecule has 0 saturated heterocycles. The number of carbonyl (C=O) groups excluding carboxylic acids is 1. The van der Waals surface area contributed by atoms with Crippen LogP contribution in [0.1, 0.15) is 41.1 Å². The molecule has 3 N–H and O–H groups in total. The first-order valence-electron chi connectivity index (χ1n) is 6.18. The fourth-order valence-corrected chi connectivity index (χ4v) is 2.49. The van der Waals surface area contributed by atoms with E-state index in [1.807, 2.05) is 13.8 Å². The lowest BCUT2D eigenvalue weighted by Gasteiger charge is -2.15. The number of hydrogen-bond acceptors (Lipinski definition) is 3. The van der Waals surface area contributed by atoms with Crippen molar-refractivity contribution in [1.29, 1.82) is 0 Å². The molecule has 17 heavy (non-hydrogen) atoms. The summed E-state index contributed by atoms with van der Waals surface area (Å²) in [4.78, 5) is 11.9. The molecule has 2 unspecified atom stereocenters. The molecule has 0 radical (unpaired) electrons. The zero-order valence-electron chi connectivity index (χ0n) is 10.5. The third kappa shape index (κ3) is 2.69. The van der Waals surface area contributed by atoms with Gasteiger partial charge in [-0.1, -0.05) is 6.42 Å². The van der Waals surface area contributed by atoms with Gasteiger partial charge >= 0.3 is 0 Å². The van der Waals surface area contributed by atoms with E-state index in [1.165, 1.54) is 6.42 Å². The first-order valence-corrected chi connectivity index (χ1v) is 6.18. The lowest BCUT2D eigenvalue weighted by atomic mass is 10.0. The Morgan fingerprint density at radius 2 is 2.29 bits per heavy atom. The summed E-state index contributed by atoms with van der Waals surface area (Å²) in [5, 5.41) is 2.95. The van der Waals surface area contributed by atoms with Crippen molar-refractivity contribution in [2.24, 2.45) is 11.7 Å². The molecule has 0 bridgehead atoms. The topological polar surface area (TPSA) is 68.3 Å². The largest absolute Gasteiger partial charge is 0.466 e. The molecule has 1 amide bonds. The maximum Gasteiger partial charge on any atom is 0.254 e. The first kappa shape index (κ1) is 12.2. The highest BCUT2D eigenvalue weighted by Crippen LogP contribution is 2.23. The molecule has 4 heteroatoms. The molecular formula is C13H20N2O2. The summed E-state index contributed by atoms with van der Waals surface area (Å²) in [6.07, 6.45) is 3.36. The van der Waals surface area contributed by atoms with E-state index in [9.17, 15) is 4.79 Å². The lowest BCUT2D eigenvalue weighted by Crippen LogP contribution is -2.36. The van der Waals surface area contributed by atoms with Crippen LogP contribution in [0.25, 0.3) is 0 Å². The van der Waals surface area contributed by atoms with Crippen molar-refractivity contribution in [1.82, 2.24) is 5.32 Å². The Morgan fingerprint density at radius 3 is 2.82 bits per heavy atom. The van der Waals surface area contributed by atoms with Gasteiger partial charge in [0.25, 0.3) is 5.91 Å². The van der Waals surface area contributed by atoms with E-state index in [0.29, 0.717) is 23.8 Å². The summed E-state index contributed by atoms with van der Waals surface area (Å²) < 4.78 is 5.34. The van der Waals surface area contributed by atoms with Gasteiger partial charge in [-0.2, -0.15) is 0 Å². The van der Waals surface area contributed by atoms with E-state index in [0.717, 1.165) is 18.6 Å². The number of aryl methyl sites for hydroxylation is 2. The predicted molar refractivity (Wildman–Crippen MR) is 65.8 cm³/mol. The first-order chi connectivity index (χ1) is 8.08. The van der Waals surface area contributed by atoms with E-state index < -0.39 is 0 Å². The minimum atomic E-state index is -0.0570. The number of nitrogens with two attached hydrogens (primary N) is 1. The van der Waals surface area contributed by atoms with Crippen LogP contribution in [0.2, 0.25) is 0 Å². The molecule has 1 fully saturated rings. The molecule has 4 nitrogen and oxygen atoms in total. The van der Waals surface area contributed by atoms with Crippen LogP contribution in [-0.2, 0) is 0 Å². The van der Waals surface area contributed by atoms with Gasteiger partial charge in [0.1, 0.15) is 11.5 Å². The average molecular weight is 236 g/mol. The smallest absolute Gasteiger partial charge is 0.254 e. The molecule has 1 aliphatic rings. The Kier molecular flexibility index (Phi) is 3.52. The van der Waals surface area contributed by atoms with Gasteiger partial charge in [-0.05, 0) is 38.7 Å². The van der Waals surface area contributed by atoms with E-state index >= 15 is 0 Å². The zero-order chi connectivity index (χ0) is 12.4. The van der Waals surface area contributed by atoms with Crippen LogP contribution in [0.4, 0.5) is 0 Å². The third-order valence-electron chi connectivity index (χ3n) is 3.53. The summed E-state index contributed by atoms with van der Waals surface area (Å²) in [5.74, 6) is 1.81. The maximum atomic E-state index is 11.9. The summed E-state index contributed by atoms with van der Waals surface area (Å²) in [6.45, 7) is 4.32. The van der Waals surface area contributed by atoms with E-state index in [2.05, 4.69) is 5.32 Å². The van der Waals surface area contributed by atoms with Crippen molar-refractivity contribution in [3.8, 4) is 0 Å². The standard InChI is InChI=1S/C13H20N2O2/c1-8-6-11(9(2)17-8)13(16)15-7-10-4-3-5-12(10)14/h6,10,12H,3-5,7,14H2,1-2H3,(H,15,16). The molecule has 0 aliphatic heterocycles. The molecule has 94 valence electrons. The Morgan fingerprint density at radius 1 is 1.53 bits per heavy atom. The Hall–Kier alpha value is -1.29. The molecule has 1 aromatic heterocycles. The number of nitrogens with one attached hydrogen (secondary N) is 1. The van der Waals surface area contributed by atoms with Crippen LogP contribution in [0.5, 0.6) is 0 Å². The third-order valence-corrected chi connectivity index (χ3v) is 3.53. The average Bonchev–Trinajstić information content (AvgIpc) is 2.81. The molecule has 2 rings (SSSR count). The summed E-state index contributed by atoms with van der Waals surface area (Å²) in [7, 11) is 0. The molecule has 1 aromatic rings. The van der Waals surface area contributed by atoms with E-state index in [1.54, 1.807) is 6.07 Å². The number of carbonyl (C=O) groups is 1. The van der Waals surface area contributed by atoms with Crippen molar-refractivity contribution in [2.75, 3.05) is 6.54 Å². The highest BCUT2D eigenvalue weighted by atomic mass is 16.3. The van der Waals surface area contributed by atoms with Gasteiger partial charge in [0.15, 0.2) is 0 Å². The second-order valence-corrected chi connectivity index (χ2v) is 4.89. The number of furan rings is 1. The monoisotopic (exact) mass is 236 g/mol. The molecule has 0 spiro atoms. The second kappa shape index (κ2) is 4.92. The van der Waals surface area contributed by atoms with Crippen LogP contribution in [0.15, 0.2) is 10.5 Å². The highest BCUT2D eigenvalue weighted by Gasteiger charge is 2.24. The van der Waals surface area contributed by atoms with Crippen LogP contribution in [0, 0.1) is 19.8 Å². The summed E-state index contributed by atoms with van der Waals surface area (Å²) in [5.41, 5.74) is 6.60. The summed E-state index contributed by atoms with van der Waals surface area (Å²) >= 11 is 0. The number of rotatable bonds is 3. The lowest BCUT2D eigenvalue weighted by molar-refractivity contribution is 0.0945. The van der Waals surface area contributed by atoms with Gasteiger partial charge in [0, 0.05) is 12.6 Å². The van der Waals surface area contributed by atoms with Crippen molar-refractivity contribution in [3.63, 3.8) is 0 Å².